The Morgan fingerprint density at radius 2 is 2.00 bits per heavy atom. The number of piperidine rings is 1. The number of urea groups is 1. The third-order valence-electron chi connectivity index (χ3n) is 4.86. The number of hydrogen-bond acceptors (Lipinski definition) is 4. The first-order valence-corrected chi connectivity index (χ1v) is 10.3. The molecule has 0 spiro atoms. The largest absolute Gasteiger partial charge is 0.467 e. The molecule has 1 N–H and O–H groups in total. The summed E-state index contributed by atoms with van der Waals surface area (Å²) in [6, 6.07) is 14.6. The fourth-order valence-corrected chi connectivity index (χ4v) is 4.22. The van der Waals surface area contributed by atoms with Crippen molar-refractivity contribution in [1.29, 1.82) is 0 Å². The molecule has 7 heteroatoms. The molecule has 2 amide bonds. The van der Waals surface area contributed by atoms with Crippen molar-refractivity contribution < 1.29 is 13.9 Å². The molecular formula is C21H22FN3O2S. The number of halogens is 1. The topological polar surface area (TPSA) is 54.5 Å². The zero-order chi connectivity index (χ0) is 19.3. The van der Waals surface area contributed by atoms with Crippen molar-refractivity contribution in [3.8, 4) is 5.19 Å². The molecule has 0 unspecified atom stereocenters. The van der Waals surface area contributed by atoms with Crippen molar-refractivity contribution in [2.45, 2.75) is 25.4 Å². The van der Waals surface area contributed by atoms with Crippen LogP contribution in [0.5, 0.6) is 5.19 Å². The van der Waals surface area contributed by atoms with E-state index in [-0.39, 0.29) is 18.0 Å². The third kappa shape index (κ3) is 4.59. The Kier molecular flexibility index (Phi) is 5.71. The van der Waals surface area contributed by atoms with Crippen LogP contribution in [0.2, 0.25) is 0 Å². The van der Waals surface area contributed by atoms with Gasteiger partial charge in [-0.1, -0.05) is 41.7 Å². The van der Waals surface area contributed by atoms with Gasteiger partial charge < -0.3 is 15.0 Å². The maximum Gasteiger partial charge on any atom is 0.317 e. The predicted octanol–water partition coefficient (Wildman–Crippen LogP) is 4.23. The van der Waals surface area contributed by atoms with E-state index in [1.807, 2.05) is 23.1 Å². The van der Waals surface area contributed by atoms with E-state index >= 15 is 0 Å². The number of nitrogens with one attached hydrogen (secondary N) is 1. The molecule has 0 aliphatic carbocycles. The number of ether oxygens (including phenoxy) is 1. The minimum Gasteiger partial charge on any atom is -0.467 e. The molecule has 1 aromatic heterocycles. The molecule has 2 heterocycles. The van der Waals surface area contributed by atoms with Crippen molar-refractivity contribution in [2.75, 3.05) is 19.6 Å². The Hall–Kier alpha value is -2.67. The molecule has 1 fully saturated rings. The summed E-state index contributed by atoms with van der Waals surface area (Å²) in [7, 11) is 0. The molecule has 0 bridgehead atoms. The van der Waals surface area contributed by atoms with Crippen molar-refractivity contribution in [3.63, 3.8) is 0 Å². The number of rotatable bonds is 5. The summed E-state index contributed by atoms with van der Waals surface area (Å²) in [5, 5.41) is 3.55. The highest BCUT2D eigenvalue weighted by Crippen LogP contribution is 2.30. The fourth-order valence-electron chi connectivity index (χ4n) is 3.32. The summed E-state index contributed by atoms with van der Waals surface area (Å²) in [5.41, 5.74) is 1.96. The zero-order valence-corrected chi connectivity index (χ0v) is 16.3. The van der Waals surface area contributed by atoms with Gasteiger partial charge in [-0.25, -0.2) is 14.2 Å². The number of amides is 2. The van der Waals surface area contributed by atoms with Crippen LogP contribution in [0.25, 0.3) is 10.2 Å². The normalized spacial score (nSPS) is 15.0. The Morgan fingerprint density at radius 1 is 1.21 bits per heavy atom. The Morgan fingerprint density at radius 3 is 2.79 bits per heavy atom. The lowest BCUT2D eigenvalue weighted by atomic mass is 10.1. The number of fused-ring (bicyclic) bond motifs is 1. The minimum atomic E-state index is -0.269. The zero-order valence-electron chi connectivity index (χ0n) is 15.4. The van der Waals surface area contributed by atoms with Crippen LogP contribution in [0.3, 0.4) is 0 Å². The van der Waals surface area contributed by atoms with E-state index in [1.165, 1.54) is 29.0 Å². The van der Waals surface area contributed by atoms with Crippen molar-refractivity contribution in [2.24, 2.45) is 0 Å². The quantitative estimate of drug-likeness (QED) is 0.699. The third-order valence-corrected chi connectivity index (χ3v) is 5.77. The molecule has 0 atom stereocenters. The van der Waals surface area contributed by atoms with E-state index in [9.17, 15) is 9.18 Å². The lowest BCUT2D eigenvalue weighted by molar-refractivity contribution is 0.111. The molecule has 0 radical (unpaired) electrons. The van der Waals surface area contributed by atoms with Crippen molar-refractivity contribution in [3.05, 3.63) is 59.9 Å². The maximum atomic E-state index is 13.3. The summed E-state index contributed by atoms with van der Waals surface area (Å²) >= 11 is 1.35. The molecular weight excluding hydrogens is 377 g/mol. The van der Waals surface area contributed by atoms with Gasteiger partial charge in [0.05, 0.1) is 10.2 Å². The van der Waals surface area contributed by atoms with E-state index in [4.69, 9.17) is 4.74 Å². The molecule has 1 aliphatic rings. The average Bonchev–Trinajstić information content (AvgIpc) is 3.10. The predicted molar refractivity (Wildman–Crippen MR) is 108 cm³/mol. The maximum absolute atomic E-state index is 13.3. The number of aromatic nitrogens is 1. The molecule has 5 nitrogen and oxygen atoms in total. The number of benzene rings is 2. The molecule has 3 aromatic rings. The van der Waals surface area contributed by atoms with Gasteiger partial charge in [-0.15, -0.1) is 0 Å². The van der Waals surface area contributed by atoms with E-state index < -0.39 is 0 Å². The molecule has 146 valence electrons. The molecule has 0 saturated carbocycles. The highest BCUT2D eigenvalue weighted by molar-refractivity contribution is 7.20. The molecule has 28 heavy (non-hydrogen) atoms. The first kappa shape index (κ1) is 18.7. The standard InChI is InChI=1S/C21H22FN3O2S/c22-16-6-7-18-19(14-16)28-21(24-18)27-17-9-12-25(13-10-17)20(26)23-11-8-15-4-2-1-3-5-15/h1-7,14,17H,8-13H2,(H,23,26). The Labute approximate surface area is 167 Å². The monoisotopic (exact) mass is 399 g/mol. The van der Waals surface area contributed by atoms with Gasteiger partial charge in [0.1, 0.15) is 11.9 Å². The van der Waals surface area contributed by atoms with Crippen LogP contribution < -0.4 is 10.1 Å². The van der Waals surface area contributed by atoms with Gasteiger partial charge in [0.2, 0.25) is 0 Å². The van der Waals surface area contributed by atoms with Gasteiger partial charge in [0.25, 0.3) is 5.19 Å². The first-order chi connectivity index (χ1) is 13.7. The average molecular weight is 399 g/mol. The lowest BCUT2D eigenvalue weighted by Gasteiger charge is -2.31. The number of likely N-dealkylation sites (tertiary alicyclic amines) is 1. The molecule has 4 rings (SSSR count). The Bertz CT molecular complexity index is 939. The van der Waals surface area contributed by atoms with Gasteiger partial charge in [0, 0.05) is 32.5 Å². The number of carbonyl (C=O) groups is 1. The molecule has 1 aliphatic heterocycles. The number of hydrogen-bond donors (Lipinski definition) is 1. The first-order valence-electron chi connectivity index (χ1n) is 9.47. The van der Waals surface area contributed by atoms with Crippen LogP contribution in [0.15, 0.2) is 48.5 Å². The second kappa shape index (κ2) is 8.56. The number of nitrogens with zero attached hydrogens (tertiary/aromatic N) is 2. The summed E-state index contributed by atoms with van der Waals surface area (Å²) in [4.78, 5) is 18.6. The van der Waals surface area contributed by atoms with Crippen LogP contribution in [0.4, 0.5) is 9.18 Å². The van der Waals surface area contributed by atoms with E-state index in [0.717, 1.165) is 29.5 Å². The van der Waals surface area contributed by atoms with Gasteiger partial charge >= 0.3 is 6.03 Å². The van der Waals surface area contributed by atoms with Crippen LogP contribution in [-0.4, -0.2) is 41.7 Å². The Balaban J connectivity index is 1.23. The van der Waals surface area contributed by atoms with E-state index in [0.29, 0.717) is 24.8 Å². The van der Waals surface area contributed by atoms with Gasteiger partial charge in [0.15, 0.2) is 0 Å². The van der Waals surface area contributed by atoms with Crippen LogP contribution in [0.1, 0.15) is 18.4 Å². The SMILES string of the molecule is O=C(NCCc1ccccc1)N1CCC(Oc2nc3ccc(F)cc3s2)CC1. The highest BCUT2D eigenvalue weighted by atomic mass is 32.1. The summed E-state index contributed by atoms with van der Waals surface area (Å²) < 4.78 is 20.1. The second-order valence-electron chi connectivity index (χ2n) is 6.86. The molecule has 1 saturated heterocycles. The smallest absolute Gasteiger partial charge is 0.317 e. The number of thiazole rings is 1. The van der Waals surface area contributed by atoms with Gasteiger partial charge in [-0.05, 0) is 30.2 Å². The molecule has 2 aromatic carbocycles. The van der Waals surface area contributed by atoms with Crippen LogP contribution in [-0.2, 0) is 6.42 Å². The van der Waals surface area contributed by atoms with Gasteiger partial charge in [-0.3, -0.25) is 0 Å². The summed E-state index contributed by atoms with van der Waals surface area (Å²) in [6.07, 6.45) is 2.37. The minimum absolute atomic E-state index is 0.0233. The van der Waals surface area contributed by atoms with Crippen molar-refractivity contribution in [1.82, 2.24) is 15.2 Å². The highest BCUT2D eigenvalue weighted by Gasteiger charge is 2.24. The van der Waals surface area contributed by atoms with E-state index in [2.05, 4.69) is 22.4 Å². The summed E-state index contributed by atoms with van der Waals surface area (Å²) in [6.45, 7) is 1.93. The second-order valence-corrected chi connectivity index (χ2v) is 7.86. The number of carbonyl (C=O) groups excluding carboxylic acids is 1. The van der Waals surface area contributed by atoms with Crippen molar-refractivity contribution >= 4 is 27.6 Å². The van der Waals surface area contributed by atoms with E-state index in [1.54, 1.807) is 6.07 Å². The lowest BCUT2D eigenvalue weighted by Crippen LogP contribution is -2.46. The fraction of sp³-hybridized carbons (Fsp3) is 0.333. The van der Waals surface area contributed by atoms with Gasteiger partial charge in [-0.2, -0.15) is 0 Å². The summed E-state index contributed by atoms with van der Waals surface area (Å²) in [5.74, 6) is -0.269. The van der Waals surface area contributed by atoms with Crippen LogP contribution >= 0.6 is 11.3 Å². The van der Waals surface area contributed by atoms with Crippen LogP contribution in [0, 0.1) is 5.82 Å².